The van der Waals surface area contributed by atoms with Gasteiger partial charge in [0.05, 0.1) is 6.42 Å². The fourth-order valence-electron chi connectivity index (χ4n) is 0.123. The summed E-state index contributed by atoms with van der Waals surface area (Å²) in [6.45, 7) is 6.65. The lowest BCUT2D eigenvalue weighted by atomic mass is 10.4. The Balaban J connectivity index is 0. The van der Waals surface area contributed by atoms with Gasteiger partial charge in [-0.15, -0.1) is 13.2 Å². The van der Waals surface area contributed by atoms with E-state index in [1.165, 1.54) is 6.08 Å². The van der Waals surface area contributed by atoms with Crippen LogP contribution in [0.15, 0.2) is 25.3 Å². The summed E-state index contributed by atoms with van der Waals surface area (Å²) < 4.78 is 0. The molecular formula is C7H11BrO2. The Hall–Kier alpha value is -0.570. The topological polar surface area (TPSA) is 37.3 Å². The summed E-state index contributed by atoms with van der Waals surface area (Å²) in [5.41, 5.74) is 0. The molecular weight excluding hydrogens is 196 g/mol. The number of carboxylic acid groups (broad SMARTS) is 1. The van der Waals surface area contributed by atoms with Gasteiger partial charge in [0.2, 0.25) is 0 Å². The number of carbonyl (C=O) groups is 1. The second-order valence-corrected chi connectivity index (χ2v) is 1.98. The van der Waals surface area contributed by atoms with E-state index in [1.54, 1.807) is 6.08 Å². The molecule has 0 aromatic heterocycles. The smallest absolute Gasteiger partial charge is 0.307 e. The molecule has 0 atom stereocenters. The number of carboxylic acids is 1. The third-order valence-corrected chi connectivity index (χ3v) is 0.886. The molecule has 0 aliphatic rings. The second kappa shape index (κ2) is 11.3. The zero-order valence-electron chi connectivity index (χ0n) is 5.72. The average Bonchev–Trinajstić information content (AvgIpc) is 1.89. The Morgan fingerprint density at radius 3 is 1.90 bits per heavy atom. The van der Waals surface area contributed by atoms with E-state index in [0.29, 0.717) is 0 Å². The minimum absolute atomic E-state index is 0.0556. The molecule has 0 aromatic rings. The zero-order chi connectivity index (χ0) is 8.41. The monoisotopic (exact) mass is 206 g/mol. The minimum atomic E-state index is -0.829. The summed E-state index contributed by atoms with van der Waals surface area (Å²) in [6, 6.07) is 0. The van der Waals surface area contributed by atoms with E-state index < -0.39 is 5.97 Å². The maximum Gasteiger partial charge on any atom is 0.307 e. The molecule has 0 bridgehead atoms. The molecule has 0 heterocycles. The summed E-state index contributed by atoms with van der Waals surface area (Å²) in [5.74, 6) is -0.829. The molecule has 0 fully saturated rings. The first-order valence-corrected chi connectivity index (χ1v) is 3.80. The Bertz CT molecular complexity index is 110. The normalized spacial score (nSPS) is 6.90. The largest absolute Gasteiger partial charge is 0.481 e. The van der Waals surface area contributed by atoms with E-state index in [-0.39, 0.29) is 6.42 Å². The molecule has 3 heteroatoms. The van der Waals surface area contributed by atoms with Crippen LogP contribution in [0.25, 0.3) is 0 Å². The van der Waals surface area contributed by atoms with Gasteiger partial charge in [-0.1, -0.05) is 28.1 Å². The molecule has 0 spiro atoms. The summed E-state index contributed by atoms with van der Waals surface area (Å²) in [6.07, 6.45) is 3.20. The minimum Gasteiger partial charge on any atom is -0.481 e. The van der Waals surface area contributed by atoms with Crippen molar-refractivity contribution in [3.8, 4) is 0 Å². The summed E-state index contributed by atoms with van der Waals surface area (Å²) in [4.78, 5) is 9.53. The van der Waals surface area contributed by atoms with E-state index in [4.69, 9.17) is 5.11 Å². The van der Waals surface area contributed by atoms with Crippen molar-refractivity contribution in [2.24, 2.45) is 0 Å². The van der Waals surface area contributed by atoms with Crippen LogP contribution in [0.4, 0.5) is 0 Å². The predicted molar refractivity (Wildman–Crippen MR) is 46.4 cm³/mol. The number of halogens is 1. The van der Waals surface area contributed by atoms with Crippen LogP contribution in [0.1, 0.15) is 6.42 Å². The molecule has 0 saturated carbocycles. The quantitative estimate of drug-likeness (QED) is 0.569. The van der Waals surface area contributed by atoms with Crippen molar-refractivity contribution < 1.29 is 9.90 Å². The third-order valence-electron chi connectivity index (χ3n) is 0.428. The number of hydrogen-bond donors (Lipinski definition) is 1. The van der Waals surface area contributed by atoms with Gasteiger partial charge in [-0.05, 0) is 0 Å². The Kier molecular flexibility index (Phi) is 13.7. The molecule has 0 saturated heterocycles. The van der Waals surface area contributed by atoms with Gasteiger partial charge in [0.25, 0.3) is 0 Å². The lowest BCUT2D eigenvalue weighted by molar-refractivity contribution is -0.135. The van der Waals surface area contributed by atoms with Gasteiger partial charge in [0.1, 0.15) is 0 Å². The van der Waals surface area contributed by atoms with Gasteiger partial charge in [-0.3, -0.25) is 4.79 Å². The van der Waals surface area contributed by atoms with E-state index in [2.05, 4.69) is 29.1 Å². The number of alkyl halides is 1. The lowest BCUT2D eigenvalue weighted by Crippen LogP contribution is -1.88. The van der Waals surface area contributed by atoms with Crippen molar-refractivity contribution >= 4 is 21.9 Å². The summed E-state index contributed by atoms with van der Waals surface area (Å²) in [5, 5.41) is 8.74. The van der Waals surface area contributed by atoms with Gasteiger partial charge in [0.15, 0.2) is 0 Å². The highest BCUT2D eigenvalue weighted by atomic mass is 79.9. The summed E-state index contributed by atoms with van der Waals surface area (Å²) >= 11 is 3.13. The molecule has 0 aliphatic heterocycles. The number of allylic oxidation sites excluding steroid dienone is 1. The van der Waals surface area contributed by atoms with Crippen LogP contribution in [0, 0.1) is 0 Å². The predicted octanol–water partition coefficient (Wildman–Crippen LogP) is 2.21. The van der Waals surface area contributed by atoms with Crippen molar-refractivity contribution in [3.05, 3.63) is 25.3 Å². The molecule has 0 aromatic carbocycles. The Morgan fingerprint density at radius 1 is 1.50 bits per heavy atom. The van der Waals surface area contributed by atoms with Gasteiger partial charge < -0.3 is 5.11 Å². The number of rotatable bonds is 3. The Morgan fingerprint density at radius 2 is 1.90 bits per heavy atom. The standard InChI is InChI=1S/C4H6O2.C3H5Br/c1-2-3-4(5)6;1-2-3-4/h2H,1,3H2,(H,5,6);2H,1,3H2. The highest BCUT2D eigenvalue weighted by Gasteiger charge is 1.84. The molecule has 0 rings (SSSR count). The molecule has 0 amide bonds. The lowest BCUT2D eigenvalue weighted by Gasteiger charge is -1.75. The maximum atomic E-state index is 9.53. The molecule has 0 unspecified atom stereocenters. The van der Waals surface area contributed by atoms with Crippen molar-refractivity contribution in [2.45, 2.75) is 6.42 Å². The third kappa shape index (κ3) is 26.1. The first-order valence-electron chi connectivity index (χ1n) is 2.68. The van der Waals surface area contributed by atoms with Crippen molar-refractivity contribution in [1.29, 1.82) is 0 Å². The van der Waals surface area contributed by atoms with Crippen LogP contribution >= 0.6 is 15.9 Å². The van der Waals surface area contributed by atoms with Crippen LogP contribution in [-0.4, -0.2) is 16.4 Å². The maximum absolute atomic E-state index is 9.53. The molecule has 10 heavy (non-hydrogen) atoms. The molecule has 2 nitrogen and oxygen atoms in total. The molecule has 58 valence electrons. The molecule has 0 aliphatic carbocycles. The number of hydrogen-bond acceptors (Lipinski definition) is 1. The second-order valence-electron chi connectivity index (χ2n) is 1.33. The van der Waals surface area contributed by atoms with Crippen molar-refractivity contribution in [3.63, 3.8) is 0 Å². The van der Waals surface area contributed by atoms with E-state index in [0.717, 1.165) is 5.33 Å². The summed E-state index contributed by atoms with van der Waals surface area (Å²) in [7, 11) is 0. The van der Waals surface area contributed by atoms with Crippen LogP contribution in [0.5, 0.6) is 0 Å². The highest BCUT2D eigenvalue weighted by molar-refractivity contribution is 9.09. The van der Waals surface area contributed by atoms with Crippen LogP contribution in [0.3, 0.4) is 0 Å². The van der Waals surface area contributed by atoms with Crippen LogP contribution in [-0.2, 0) is 4.79 Å². The van der Waals surface area contributed by atoms with Crippen molar-refractivity contribution in [1.82, 2.24) is 0 Å². The first kappa shape index (κ1) is 12.1. The zero-order valence-corrected chi connectivity index (χ0v) is 7.30. The SMILES string of the molecule is C=CCBr.C=CCC(=O)O. The highest BCUT2D eigenvalue weighted by Crippen LogP contribution is 1.74. The fourth-order valence-corrected chi connectivity index (χ4v) is 0.123. The Labute approximate surface area is 69.4 Å². The van der Waals surface area contributed by atoms with Crippen molar-refractivity contribution in [2.75, 3.05) is 5.33 Å². The average molecular weight is 207 g/mol. The fraction of sp³-hybridized carbons (Fsp3) is 0.286. The van der Waals surface area contributed by atoms with Gasteiger partial charge >= 0.3 is 5.97 Å². The van der Waals surface area contributed by atoms with E-state index >= 15 is 0 Å². The van der Waals surface area contributed by atoms with Crippen LogP contribution < -0.4 is 0 Å². The first-order chi connectivity index (χ1) is 4.68. The van der Waals surface area contributed by atoms with E-state index in [1.807, 2.05) is 0 Å². The van der Waals surface area contributed by atoms with Crippen LogP contribution in [0.2, 0.25) is 0 Å². The van der Waals surface area contributed by atoms with Gasteiger partial charge in [-0.2, -0.15) is 0 Å². The van der Waals surface area contributed by atoms with E-state index in [9.17, 15) is 4.79 Å². The molecule has 1 N–H and O–H groups in total. The van der Waals surface area contributed by atoms with Gasteiger partial charge in [-0.25, -0.2) is 0 Å². The van der Waals surface area contributed by atoms with Gasteiger partial charge in [0, 0.05) is 5.33 Å². The number of aliphatic carboxylic acids is 1. The molecule has 0 radical (unpaired) electrons.